The molecule has 3 N–H and O–H groups in total. The molecule has 16 heavy (non-hydrogen) atoms. The fourth-order valence-electron chi connectivity index (χ4n) is 1.90. The highest BCUT2D eigenvalue weighted by atomic mass is 35.5. The molecule has 0 saturated carbocycles. The van der Waals surface area contributed by atoms with Crippen LogP contribution in [-0.4, -0.2) is 20.9 Å². The van der Waals surface area contributed by atoms with Gasteiger partial charge in [0.15, 0.2) is 0 Å². The number of nitrogens with two attached hydrogens (primary N) is 1. The van der Waals surface area contributed by atoms with Crippen LogP contribution in [0.3, 0.4) is 0 Å². The fourth-order valence-corrected chi connectivity index (χ4v) is 2.07. The molecule has 4 nitrogen and oxygen atoms in total. The van der Waals surface area contributed by atoms with E-state index in [2.05, 4.69) is 9.97 Å². The predicted molar refractivity (Wildman–Crippen MR) is 64.8 cm³/mol. The number of benzene rings is 1. The number of imidazole rings is 2. The minimum Gasteiger partial charge on any atom is -0.330 e. The number of H-pyrrole nitrogens is 1. The largest absolute Gasteiger partial charge is 0.330 e. The zero-order valence-electron chi connectivity index (χ0n) is 8.57. The van der Waals surface area contributed by atoms with Crippen molar-refractivity contribution in [3.63, 3.8) is 0 Å². The maximum atomic E-state index is 5.97. The van der Waals surface area contributed by atoms with E-state index in [9.17, 15) is 0 Å². The van der Waals surface area contributed by atoms with Crippen LogP contribution >= 0.6 is 11.6 Å². The molecule has 0 bridgehead atoms. The second-order valence-electron chi connectivity index (χ2n) is 3.76. The molecule has 0 atom stereocenters. The molecule has 2 heterocycles. The van der Waals surface area contributed by atoms with Crippen molar-refractivity contribution in [3.8, 4) is 0 Å². The molecule has 3 rings (SSSR count). The van der Waals surface area contributed by atoms with Gasteiger partial charge in [-0.05, 0) is 24.7 Å². The standard InChI is InChI=1S/C11H11ClN4/c12-7-1-2-9-10(5-7)16-6-8(3-4-13)14-11(16)15-9/h1-2,5-6H,3-4,13H2,(H,14,15). The molecule has 0 radical (unpaired) electrons. The molecule has 2 aromatic heterocycles. The Kier molecular flexibility index (Phi) is 2.12. The van der Waals surface area contributed by atoms with Gasteiger partial charge in [-0.3, -0.25) is 4.40 Å². The van der Waals surface area contributed by atoms with E-state index in [0.29, 0.717) is 6.54 Å². The van der Waals surface area contributed by atoms with E-state index in [1.165, 1.54) is 0 Å². The number of aromatic amines is 1. The van der Waals surface area contributed by atoms with Crippen LogP contribution in [0.4, 0.5) is 0 Å². The second kappa shape index (κ2) is 3.50. The summed E-state index contributed by atoms with van der Waals surface area (Å²) in [6, 6.07) is 5.68. The van der Waals surface area contributed by atoms with Crippen LogP contribution in [0.1, 0.15) is 5.69 Å². The number of hydrogen-bond acceptors (Lipinski definition) is 2. The number of rotatable bonds is 2. The highest BCUT2D eigenvalue weighted by Crippen LogP contribution is 2.20. The van der Waals surface area contributed by atoms with Gasteiger partial charge in [0.2, 0.25) is 5.78 Å². The van der Waals surface area contributed by atoms with Crippen LogP contribution in [0, 0.1) is 0 Å². The molecule has 0 spiro atoms. The van der Waals surface area contributed by atoms with Crippen LogP contribution in [0.15, 0.2) is 24.4 Å². The average Bonchev–Trinajstić information content (AvgIpc) is 2.76. The van der Waals surface area contributed by atoms with Crippen molar-refractivity contribution < 1.29 is 0 Å². The van der Waals surface area contributed by atoms with E-state index >= 15 is 0 Å². The van der Waals surface area contributed by atoms with Crippen molar-refractivity contribution >= 4 is 28.4 Å². The molecule has 0 aliphatic rings. The molecule has 3 aromatic rings. The van der Waals surface area contributed by atoms with E-state index in [1.807, 2.05) is 28.8 Å². The van der Waals surface area contributed by atoms with E-state index < -0.39 is 0 Å². The minimum absolute atomic E-state index is 0.627. The molecule has 0 unspecified atom stereocenters. The van der Waals surface area contributed by atoms with Gasteiger partial charge in [-0.1, -0.05) is 11.6 Å². The molecular weight excluding hydrogens is 224 g/mol. The first kappa shape index (κ1) is 9.69. The van der Waals surface area contributed by atoms with Gasteiger partial charge < -0.3 is 10.7 Å². The Morgan fingerprint density at radius 1 is 1.44 bits per heavy atom. The van der Waals surface area contributed by atoms with Crippen molar-refractivity contribution in [2.75, 3.05) is 6.54 Å². The van der Waals surface area contributed by atoms with Gasteiger partial charge in [-0.25, -0.2) is 4.98 Å². The van der Waals surface area contributed by atoms with E-state index in [0.717, 1.165) is 33.9 Å². The first-order valence-corrected chi connectivity index (χ1v) is 5.51. The fraction of sp³-hybridized carbons (Fsp3) is 0.182. The molecule has 1 aromatic carbocycles. The van der Waals surface area contributed by atoms with Crippen LogP contribution in [0.25, 0.3) is 16.8 Å². The summed E-state index contributed by atoms with van der Waals surface area (Å²) in [6.07, 6.45) is 2.85. The normalized spacial score (nSPS) is 11.6. The summed E-state index contributed by atoms with van der Waals surface area (Å²) in [5.74, 6) is 0.834. The van der Waals surface area contributed by atoms with Gasteiger partial charge >= 0.3 is 0 Å². The van der Waals surface area contributed by atoms with Crippen LogP contribution in [0.5, 0.6) is 0 Å². The summed E-state index contributed by atoms with van der Waals surface area (Å²) >= 11 is 5.97. The first-order valence-electron chi connectivity index (χ1n) is 5.13. The maximum absolute atomic E-state index is 5.97. The summed E-state index contributed by atoms with van der Waals surface area (Å²) < 4.78 is 2.01. The Balaban J connectivity index is 2.28. The molecule has 0 fully saturated rings. The Morgan fingerprint density at radius 2 is 2.31 bits per heavy atom. The van der Waals surface area contributed by atoms with Gasteiger partial charge in [0, 0.05) is 23.3 Å². The zero-order chi connectivity index (χ0) is 11.1. The highest BCUT2D eigenvalue weighted by Gasteiger charge is 2.07. The zero-order valence-corrected chi connectivity index (χ0v) is 9.33. The third-order valence-corrected chi connectivity index (χ3v) is 2.86. The minimum atomic E-state index is 0.627. The lowest BCUT2D eigenvalue weighted by Crippen LogP contribution is -2.02. The third-order valence-electron chi connectivity index (χ3n) is 2.62. The van der Waals surface area contributed by atoms with Crippen molar-refractivity contribution in [3.05, 3.63) is 35.1 Å². The van der Waals surface area contributed by atoms with Gasteiger partial charge in [-0.2, -0.15) is 0 Å². The number of nitrogens with zero attached hydrogens (tertiary/aromatic N) is 2. The number of halogens is 1. The topological polar surface area (TPSA) is 59.1 Å². The Hall–Kier alpha value is -1.52. The smallest absolute Gasteiger partial charge is 0.212 e. The molecule has 0 saturated heterocycles. The molecule has 0 amide bonds. The maximum Gasteiger partial charge on any atom is 0.212 e. The number of aromatic nitrogens is 3. The van der Waals surface area contributed by atoms with E-state index in [4.69, 9.17) is 17.3 Å². The van der Waals surface area contributed by atoms with Crippen molar-refractivity contribution in [2.45, 2.75) is 6.42 Å². The second-order valence-corrected chi connectivity index (χ2v) is 4.19. The third kappa shape index (κ3) is 1.38. The Morgan fingerprint density at radius 3 is 3.12 bits per heavy atom. The van der Waals surface area contributed by atoms with Gasteiger partial charge in [-0.15, -0.1) is 0 Å². The quantitative estimate of drug-likeness (QED) is 0.712. The summed E-state index contributed by atoms with van der Waals surface area (Å²) in [7, 11) is 0. The first-order chi connectivity index (χ1) is 7.78. The average molecular weight is 235 g/mol. The van der Waals surface area contributed by atoms with Crippen LogP contribution in [0.2, 0.25) is 5.02 Å². The Labute approximate surface area is 97.0 Å². The van der Waals surface area contributed by atoms with Crippen LogP contribution in [-0.2, 0) is 6.42 Å². The molecule has 0 aliphatic carbocycles. The van der Waals surface area contributed by atoms with Gasteiger partial charge in [0.25, 0.3) is 0 Å². The molecule has 0 aliphatic heterocycles. The van der Waals surface area contributed by atoms with Crippen molar-refractivity contribution in [1.82, 2.24) is 14.4 Å². The van der Waals surface area contributed by atoms with E-state index in [1.54, 1.807) is 0 Å². The lowest BCUT2D eigenvalue weighted by Gasteiger charge is -1.92. The summed E-state index contributed by atoms with van der Waals surface area (Å²) in [6.45, 7) is 0.627. The molecule has 82 valence electrons. The lowest BCUT2D eigenvalue weighted by atomic mass is 10.3. The molecular formula is C11H11ClN4. The number of nitrogens with one attached hydrogen (secondary N) is 1. The Bertz CT molecular complexity index is 652. The number of fused-ring (bicyclic) bond motifs is 3. The predicted octanol–water partition coefficient (Wildman–Crippen LogP) is 1.97. The van der Waals surface area contributed by atoms with Gasteiger partial charge in [0.1, 0.15) is 0 Å². The van der Waals surface area contributed by atoms with Crippen molar-refractivity contribution in [1.29, 1.82) is 0 Å². The van der Waals surface area contributed by atoms with Crippen LogP contribution < -0.4 is 5.73 Å². The van der Waals surface area contributed by atoms with Gasteiger partial charge in [0.05, 0.1) is 11.0 Å². The van der Waals surface area contributed by atoms with Crippen molar-refractivity contribution in [2.24, 2.45) is 5.73 Å². The monoisotopic (exact) mass is 234 g/mol. The molecule has 5 heteroatoms. The summed E-state index contributed by atoms with van der Waals surface area (Å²) in [5, 5.41) is 0.718. The summed E-state index contributed by atoms with van der Waals surface area (Å²) in [5.41, 5.74) is 8.56. The highest BCUT2D eigenvalue weighted by molar-refractivity contribution is 6.31. The number of hydrogen-bond donors (Lipinski definition) is 2. The SMILES string of the molecule is NCCc1cn2c(nc3ccc(Cl)cc32)[nH]1. The lowest BCUT2D eigenvalue weighted by molar-refractivity contribution is 0.936. The summed E-state index contributed by atoms with van der Waals surface area (Å²) in [4.78, 5) is 7.70. The van der Waals surface area contributed by atoms with E-state index in [-0.39, 0.29) is 0 Å².